The first-order chi connectivity index (χ1) is 23.6. The molecule has 5 aromatic carbocycles. The fraction of sp³-hybridized carbons (Fsp3) is 0.220. The Labute approximate surface area is 278 Å². The first-order valence-electron chi connectivity index (χ1n) is 16.9. The number of aromatic nitrogens is 2. The standard InChI is InChI=1S/C41H37N3O4/c1-3-5-22-43(23-6-4-2)29-20-21-31-33(24-29)47-38-35(31)34-30-14-10-11-15-32(30)44(25-26-12-8-7-9-13-26)37(34)36-39(38)48-40(42-36)27-16-18-28(19-17-27)41(45)46/h7-21,24H,3-6,22-23,25H2,1-2H3,(H,45,46). The van der Waals surface area contributed by atoms with E-state index in [4.69, 9.17) is 13.8 Å². The van der Waals surface area contributed by atoms with Crippen LogP contribution in [0.4, 0.5) is 5.69 Å². The molecule has 0 aliphatic rings. The minimum absolute atomic E-state index is 0.211. The highest BCUT2D eigenvalue weighted by Gasteiger charge is 2.26. The van der Waals surface area contributed by atoms with Crippen LogP contribution < -0.4 is 4.90 Å². The summed E-state index contributed by atoms with van der Waals surface area (Å²) in [6, 6.07) is 32.2. The van der Waals surface area contributed by atoms with Gasteiger partial charge >= 0.3 is 5.97 Å². The molecule has 0 saturated carbocycles. The molecule has 0 bridgehead atoms. The molecule has 0 unspecified atom stereocenters. The fourth-order valence-corrected chi connectivity index (χ4v) is 7.00. The number of para-hydroxylation sites is 1. The number of furan rings is 1. The van der Waals surface area contributed by atoms with Gasteiger partial charge in [-0.05, 0) is 60.9 Å². The van der Waals surface area contributed by atoms with Crippen LogP contribution in [0.3, 0.4) is 0 Å². The molecule has 0 amide bonds. The van der Waals surface area contributed by atoms with Gasteiger partial charge in [-0.25, -0.2) is 9.78 Å². The van der Waals surface area contributed by atoms with Crippen LogP contribution in [0.2, 0.25) is 0 Å². The van der Waals surface area contributed by atoms with Crippen LogP contribution in [0.25, 0.3) is 66.3 Å². The lowest BCUT2D eigenvalue weighted by molar-refractivity contribution is 0.0697. The average Bonchev–Trinajstić information content (AvgIpc) is 3.81. The zero-order valence-electron chi connectivity index (χ0n) is 27.2. The Balaban J connectivity index is 1.44. The van der Waals surface area contributed by atoms with Crippen LogP contribution in [0.1, 0.15) is 55.5 Å². The van der Waals surface area contributed by atoms with Gasteiger partial charge in [0.05, 0.1) is 11.1 Å². The topological polar surface area (TPSA) is 84.6 Å². The van der Waals surface area contributed by atoms with Gasteiger partial charge in [0.25, 0.3) is 0 Å². The quantitative estimate of drug-likeness (QED) is 0.152. The van der Waals surface area contributed by atoms with Crippen molar-refractivity contribution in [3.05, 3.63) is 108 Å². The third kappa shape index (κ3) is 4.98. The van der Waals surface area contributed by atoms with Crippen molar-refractivity contribution in [3.63, 3.8) is 0 Å². The Morgan fingerprint density at radius 3 is 2.25 bits per heavy atom. The molecule has 0 saturated heterocycles. The Hall–Kier alpha value is -5.56. The Morgan fingerprint density at radius 1 is 0.792 bits per heavy atom. The molecule has 3 heterocycles. The van der Waals surface area contributed by atoms with E-state index in [0.29, 0.717) is 34.7 Å². The zero-order valence-corrected chi connectivity index (χ0v) is 27.2. The van der Waals surface area contributed by atoms with Crippen molar-refractivity contribution in [2.75, 3.05) is 18.0 Å². The fourth-order valence-electron chi connectivity index (χ4n) is 7.00. The van der Waals surface area contributed by atoms with Crippen molar-refractivity contribution >= 4 is 66.5 Å². The number of carboxylic acids is 1. The second-order valence-electron chi connectivity index (χ2n) is 12.6. The third-order valence-corrected chi connectivity index (χ3v) is 9.44. The van der Waals surface area contributed by atoms with Crippen LogP contribution >= 0.6 is 0 Å². The van der Waals surface area contributed by atoms with Gasteiger partial charge in [-0.3, -0.25) is 0 Å². The lowest BCUT2D eigenvalue weighted by Crippen LogP contribution is -2.25. The maximum atomic E-state index is 11.6. The number of hydrogen-bond donors (Lipinski definition) is 1. The lowest BCUT2D eigenvalue weighted by atomic mass is 10.0. The summed E-state index contributed by atoms with van der Waals surface area (Å²) in [5, 5.41) is 13.7. The number of oxazole rings is 1. The monoisotopic (exact) mass is 635 g/mol. The predicted molar refractivity (Wildman–Crippen MR) is 194 cm³/mol. The molecule has 7 heteroatoms. The second kappa shape index (κ2) is 12.2. The van der Waals surface area contributed by atoms with Gasteiger partial charge in [0.15, 0.2) is 5.58 Å². The van der Waals surface area contributed by atoms with Crippen LogP contribution in [-0.4, -0.2) is 33.7 Å². The first kappa shape index (κ1) is 29.8. The molecule has 0 atom stereocenters. The van der Waals surface area contributed by atoms with E-state index in [1.807, 2.05) is 6.07 Å². The molecule has 3 aromatic heterocycles. The molecule has 8 rings (SSSR count). The number of unbranched alkanes of at least 4 members (excludes halogenated alkanes) is 2. The Kier molecular flexibility index (Phi) is 7.60. The summed E-state index contributed by atoms with van der Waals surface area (Å²) in [6.45, 7) is 7.14. The van der Waals surface area contributed by atoms with Gasteiger partial charge < -0.3 is 23.4 Å². The largest absolute Gasteiger partial charge is 0.478 e. The van der Waals surface area contributed by atoms with Gasteiger partial charge in [-0.1, -0.05) is 75.2 Å². The summed E-state index contributed by atoms with van der Waals surface area (Å²) in [4.78, 5) is 19.1. The van der Waals surface area contributed by atoms with E-state index in [0.717, 1.165) is 76.9 Å². The predicted octanol–water partition coefficient (Wildman–Crippen LogP) is 10.7. The van der Waals surface area contributed by atoms with Crippen molar-refractivity contribution in [3.8, 4) is 11.5 Å². The van der Waals surface area contributed by atoms with Crippen molar-refractivity contribution in [1.29, 1.82) is 0 Å². The summed E-state index contributed by atoms with van der Waals surface area (Å²) in [7, 11) is 0. The Morgan fingerprint density at radius 2 is 1.52 bits per heavy atom. The highest BCUT2D eigenvalue weighted by atomic mass is 16.4. The summed E-state index contributed by atoms with van der Waals surface area (Å²) in [5.41, 5.74) is 8.14. The smallest absolute Gasteiger partial charge is 0.335 e. The number of benzene rings is 5. The SMILES string of the molecule is CCCCN(CCCC)c1ccc2c(c1)oc1c3oc(-c4ccc(C(=O)O)cc4)nc3c3c(c4ccccc4n3Cc3ccccc3)c21. The number of hydrogen-bond acceptors (Lipinski definition) is 5. The van der Waals surface area contributed by atoms with Crippen LogP contribution in [0.5, 0.6) is 0 Å². The molecular weight excluding hydrogens is 598 g/mol. The molecule has 240 valence electrons. The van der Waals surface area contributed by atoms with Gasteiger partial charge in [-0.15, -0.1) is 0 Å². The maximum absolute atomic E-state index is 11.6. The van der Waals surface area contributed by atoms with E-state index in [1.54, 1.807) is 24.3 Å². The van der Waals surface area contributed by atoms with Crippen molar-refractivity contribution in [2.45, 2.75) is 46.1 Å². The van der Waals surface area contributed by atoms with Gasteiger partial charge in [-0.2, -0.15) is 0 Å². The summed E-state index contributed by atoms with van der Waals surface area (Å²) in [6.07, 6.45) is 4.56. The molecule has 0 aliphatic heterocycles. The minimum atomic E-state index is -0.974. The first-order valence-corrected chi connectivity index (χ1v) is 16.9. The van der Waals surface area contributed by atoms with E-state index in [1.165, 1.54) is 11.3 Å². The summed E-state index contributed by atoms with van der Waals surface area (Å²) < 4.78 is 15.8. The molecule has 1 N–H and O–H groups in total. The molecule has 48 heavy (non-hydrogen) atoms. The summed E-state index contributed by atoms with van der Waals surface area (Å²) >= 11 is 0. The molecule has 7 nitrogen and oxygen atoms in total. The number of aromatic carboxylic acids is 1. The number of rotatable bonds is 11. The van der Waals surface area contributed by atoms with Crippen LogP contribution in [0, 0.1) is 0 Å². The second-order valence-corrected chi connectivity index (χ2v) is 12.6. The number of carboxylic acid groups (broad SMARTS) is 1. The number of anilines is 1. The number of fused-ring (bicyclic) bond motifs is 10. The van der Waals surface area contributed by atoms with E-state index < -0.39 is 5.97 Å². The molecule has 8 aromatic rings. The van der Waals surface area contributed by atoms with Gasteiger partial charge in [0, 0.05) is 64.0 Å². The van der Waals surface area contributed by atoms with E-state index in [-0.39, 0.29) is 5.56 Å². The minimum Gasteiger partial charge on any atom is -0.478 e. The summed E-state index contributed by atoms with van der Waals surface area (Å²) in [5.74, 6) is -0.559. The number of nitrogens with zero attached hydrogens (tertiary/aromatic N) is 3. The van der Waals surface area contributed by atoms with E-state index in [9.17, 15) is 9.90 Å². The van der Waals surface area contributed by atoms with Crippen LogP contribution in [0.15, 0.2) is 106 Å². The number of carbonyl (C=O) groups is 1. The van der Waals surface area contributed by atoms with Gasteiger partial charge in [0.1, 0.15) is 11.1 Å². The van der Waals surface area contributed by atoms with Crippen LogP contribution in [-0.2, 0) is 6.54 Å². The van der Waals surface area contributed by atoms with Crippen molar-refractivity contribution < 1.29 is 18.7 Å². The molecule has 0 aliphatic carbocycles. The highest BCUT2D eigenvalue weighted by molar-refractivity contribution is 6.34. The molecular formula is C41H37N3O4. The van der Waals surface area contributed by atoms with Crippen molar-refractivity contribution in [1.82, 2.24) is 9.55 Å². The highest BCUT2D eigenvalue weighted by Crippen LogP contribution is 2.46. The van der Waals surface area contributed by atoms with E-state index >= 15 is 0 Å². The normalized spacial score (nSPS) is 11.9. The molecule has 0 spiro atoms. The molecule has 0 radical (unpaired) electrons. The molecule has 0 fully saturated rings. The maximum Gasteiger partial charge on any atom is 0.335 e. The van der Waals surface area contributed by atoms with Gasteiger partial charge in [0.2, 0.25) is 11.5 Å². The third-order valence-electron chi connectivity index (χ3n) is 9.44. The zero-order chi connectivity index (χ0) is 32.8. The Bertz CT molecular complexity index is 2430. The average molecular weight is 636 g/mol. The van der Waals surface area contributed by atoms with Crippen molar-refractivity contribution in [2.24, 2.45) is 0 Å². The lowest BCUT2D eigenvalue weighted by Gasteiger charge is -2.24. The van der Waals surface area contributed by atoms with E-state index in [2.05, 4.69) is 90.0 Å².